The lowest BCUT2D eigenvalue weighted by molar-refractivity contribution is 0.619. The number of hydrogen-bond donors (Lipinski definition) is 0. The Bertz CT molecular complexity index is 810. The lowest BCUT2D eigenvalue weighted by atomic mass is 10.3. The van der Waals surface area contributed by atoms with Gasteiger partial charge in [-0.2, -0.15) is 0 Å². The van der Waals surface area contributed by atoms with E-state index in [4.69, 9.17) is 11.6 Å². The molecule has 0 aliphatic rings. The van der Waals surface area contributed by atoms with E-state index < -0.39 is 0 Å². The third-order valence-corrected chi connectivity index (χ3v) is 3.15. The Hall–Kier alpha value is -2.27. The van der Waals surface area contributed by atoms with E-state index in [9.17, 15) is 4.39 Å². The van der Waals surface area contributed by atoms with Gasteiger partial charge in [0.15, 0.2) is 5.82 Å². The van der Waals surface area contributed by atoms with Crippen LogP contribution in [0.3, 0.4) is 0 Å². The van der Waals surface area contributed by atoms with Gasteiger partial charge in [0.25, 0.3) is 0 Å². The van der Waals surface area contributed by atoms with E-state index >= 15 is 0 Å². The molecule has 0 unspecified atom stereocenters. The highest BCUT2D eigenvalue weighted by atomic mass is 35.5. The number of nitrogens with zero attached hydrogens (tertiary/aromatic N) is 4. The van der Waals surface area contributed by atoms with Crippen LogP contribution in [0, 0.1) is 12.7 Å². The minimum atomic E-state index is -0.357. The Kier molecular flexibility index (Phi) is 3.20. The first-order valence-corrected chi connectivity index (χ1v) is 6.33. The van der Waals surface area contributed by atoms with E-state index in [1.165, 1.54) is 12.3 Å². The number of aryl methyl sites for hydroxylation is 1. The average Bonchev–Trinajstić information content (AvgIpc) is 2.73. The van der Waals surface area contributed by atoms with E-state index in [2.05, 4.69) is 15.2 Å². The fourth-order valence-electron chi connectivity index (χ4n) is 1.88. The van der Waals surface area contributed by atoms with E-state index in [0.29, 0.717) is 27.9 Å². The van der Waals surface area contributed by atoms with Gasteiger partial charge in [-0.15, -0.1) is 10.2 Å². The van der Waals surface area contributed by atoms with Crippen LogP contribution in [-0.2, 0) is 0 Å². The molecule has 0 atom stereocenters. The Labute approximate surface area is 119 Å². The Balaban J connectivity index is 2.09. The van der Waals surface area contributed by atoms with Crippen LogP contribution in [0.2, 0.25) is 5.02 Å². The summed E-state index contributed by atoms with van der Waals surface area (Å²) in [7, 11) is 0. The van der Waals surface area contributed by atoms with E-state index in [0.717, 1.165) is 0 Å². The van der Waals surface area contributed by atoms with Crippen LogP contribution in [0.25, 0.3) is 5.65 Å². The predicted octanol–water partition coefficient (Wildman–Crippen LogP) is 4.85. The van der Waals surface area contributed by atoms with Gasteiger partial charge in [0.1, 0.15) is 17.2 Å². The third-order valence-electron chi connectivity index (χ3n) is 2.83. The summed E-state index contributed by atoms with van der Waals surface area (Å²) in [5.74, 6) is 0.128. The third kappa shape index (κ3) is 2.28. The van der Waals surface area contributed by atoms with Crippen molar-refractivity contribution in [2.45, 2.75) is 6.92 Å². The highest BCUT2D eigenvalue weighted by Gasteiger charge is 2.08. The van der Waals surface area contributed by atoms with Crippen molar-refractivity contribution in [2.24, 2.45) is 10.2 Å². The molecule has 0 amide bonds. The van der Waals surface area contributed by atoms with Crippen LogP contribution in [0.1, 0.15) is 5.69 Å². The first-order chi connectivity index (χ1) is 9.65. The predicted molar refractivity (Wildman–Crippen MR) is 75.5 cm³/mol. The Morgan fingerprint density at radius 1 is 1.15 bits per heavy atom. The normalized spacial score (nSPS) is 11.6. The summed E-state index contributed by atoms with van der Waals surface area (Å²) < 4.78 is 14.9. The molecule has 0 radical (unpaired) electrons. The molecule has 3 rings (SSSR count). The van der Waals surface area contributed by atoms with Gasteiger partial charge in [0, 0.05) is 6.20 Å². The van der Waals surface area contributed by atoms with Crippen molar-refractivity contribution in [1.29, 1.82) is 0 Å². The minimum absolute atomic E-state index is 0.357. The van der Waals surface area contributed by atoms with Gasteiger partial charge in [-0.25, -0.2) is 9.37 Å². The maximum Gasteiger partial charge on any atom is 0.182 e. The molecule has 0 N–H and O–H groups in total. The zero-order valence-electron chi connectivity index (χ0n) is 10.6. The number of aromatic nitrogens is 2. The molecule has 0 saturated carbocycles. The summed E-state index contributed by atoms with van der Waals surface area (Å²) in [4.78, 5) is 4.30. The first kappa shape index (κ1) is 12.7. The highest BCUT2D eigenvalue weighted by Crippen LogP contribution is 2.28. The second-order valence-electron chi connectivity index (χ2n) is 4.25. The van der Waals surface area contributed by atoms with Gasteiger partial charge in [-0.05, 0) is 31.2 Å². The molecule has 0 bridgehead atoms. The number of hydrogen-bond acceptors (Lipinski definition) is 3. The van der Waals surface area contributed by atoms with E-state index in [-0.39, 0.29) is 5.82 Å². The molecule has 0 aliphatic heterocycles. The van der Waals surface area contributed by atoms with Crippen molar-refractivity contribution in [1.82, 2.24) is 9.38 Å². The van der Waals surface area contributed by atoms with Crippen molar-refractivity contribution < 1.29 is 4.39 Å². The molecular formula is C14H10ClFN4. The van der Waals surface area contributed by atoms with Gasteiger partial charge in [-0.1, -0.05) is 23.7 Å². The summed E-state index contributed by atoms with van der Waals surface area (Å²) in [6, 6.07) is 10.1. The van der Waals surface area contributed by atoms with Crippen molar-refractivity contribution >= 4 is 28.8 Å². The van der Waals surface area contributed by atoms with Gasteiger partial charge in [0.05, 0.1) is 10.7 Å². The fourth-order valence-corrected chi connectivity index (χ4v) is 2.05. The molecule has 0 fully saturated rings. The van der Waals surface area contributed by atoms with Crippen molar-refractivity contribution in [3.8, 4) is 0 Å². The molecule has 0 aliphatic carbocycles. The Morgan fingerprint density at radius 3 is 2.75 bits per heavy atom. The molecule has 0 saturated heterocycles. The van der Waals surface area contributed by atoms with Crippen molar-refractivity contribution in [2.75, 3.05) is 0 Å². The zero-order valence-corrected chi connectivity index (χ0v) is 11.3. The highest BCUT2D eigenvalue weighted by molar-refractivity contribution is 6.32. The lowest BCUT2D eigenvalue weighted by Crippen LogP contribution is -1.85. The van der Waals surface area contributed by atoms with Crippen LogP contribution in [-0.4, -0.2) is 9.38 Å². The summed E-state index contributed by atoms with van der Waals surface area (Å²) >= 11 is 6.01. The molecule has 3 aromatic rings. The van der Waals surface area contributed by atoms with Crippen molar-refractivity contribution in [3.05, 3.63) is 59.1 Å². The number of imidazole rings is 1. The smallest absolute Gasteiger partial charge is 0.182 e. The largest absolute Gasteiger partial charge is 0.280 e. The van der Waals surface area contributed by atoms with Crippen LogP contribution >= 0.6 is 11.6 Å². The number of fused-ring (bicyclic) bond motifs is 1. The first-order valence-electron chi connectivity index (χ1n) is 5.95. The average molecular weight is 289 g/mol. The maximum absolute atomic E-state index is 13.3. The summed E-state index contributed by atoms with van der Waals surface area (Å²) in [6.45, 7) is 1.80. The SMILES string of the molecule is Cc1nc2ccc(F)cn2c1N=Nc1ccccc1Cl. The topological polar surface area (TPSA) is 42.0 Å². The molecule has 0 spiro atoms. The number of halogens is 2. The second-order valence-corrected chi connectivity index (χ2v) is 4.65. The number of pyridine rings is 1. The Morgan fingerprint density at radius 2 is 1.95 bits per heavy atom. The van der Waals surface area contributed by atoms with E-state index in [1.807, 2.05) is 12.1 Å². The minimum Gasteiger partial charge on any atom is -0.280 e. The van der Waals surface area contributed by atoms with Crippen LogP contribution in [0.4, 0.5) is 15.9 Å². The van der Waals surface area contributed by atoms with E-state index in [1.54, 1.807) is 29.5 Å². The molecule has 6 heteroatoms. The van der Waals surface area contributed by atoms with Gasteiger partial charge in [-0.3, -0.25) is 4.40 Å². The second kappa shape index (κ2) is 5.02. The molecule has 100 valence electrons. The number of rotatable bonds is 2. The zero-order chi connectivity index (χ0) is 14.1. The molecule has 2 heterocycles. The van der Waals surface area contributed by atoms with Gasteiger partial charge < -0.3 is 0 Å². The summed E-state index contributed by atoms with van der Waals surface area (Å²) in [6.07, 6.45) is 1.33. The van der Waals surface area contributed by atoms with Gasteiger partial charge in [0.2, 0.25) is 0 Å². The molecular weight excluding hydrogens is 279 g/mol. The van der Waals surface area contributed by atoms with Crippen molar-refractivity contribution in [3.63, 3.8) is 0 Å². The van der Waals surface area contributed by atoms with Gasteiger partial charge >= 0.3 is 0 Å². The van der Waals surface area contributed by atoms with Crippen LogP contribution in [0.5, 0.6) is 0 Å². The monoisotopic (exact) mass is 288 g/mol. The summed E-state index contributed by atoms with van der Waals surface area (Å²) in [5, 5.41) is 8.75. The standard InChI is InChI=1S/C14H10ClFN4/c1-9-14(19-18-12-5-3-2-4-11(12)15)20-8-10(16)6-7-13(20)17-9/h2-8H,1H3. The summed E-state index contributed by atoms with van der Waals surface area (Å²) in [5.41, 5.74) is 1.85. The number of benzene rings is 1. The number of azo groups is 1. The lowest BCUT2D eigenvalue weighted by Gasteiger charge is -1.97. The quantitative estimate of drug-likeness (QED) is 0.621. The molecule has 20 heavy (non-hydrogen) atoms. The molecule has 4 nitrogen and oxygen atoms in total. The molecule has 1 aromatic carbocycles. The maximum atomic E-state index is 13.3. The fraction of sp³-hybridized carbons (Fsp3) is 0.0714. The van der Waals surface area contributed by atoms with Crippen LogP contribution in [0.15, 0.2) is 52.8 Å². The van der Waals surface area contributed by atoms with Crippen LogP contribution < -0.4 is 0 Å². The molecule has 2 aromatic heterocycles.